The average Bonchev–Trinajstić information content (AvgIpc) is 2.63. The van der Waals surface area contributed by atoms with E-state index in [0.29, 0.717) is 0 Å². The predicted molar refractivity (Wildman–Crippen MR) is 61.9 cm³/mol. The van der Waals surface area contributed by atoms with E-state index < -0.39 is 16.2 Å². The quantitative estimate of drug-likeness (QED) is 0.814. The van der Waals surface area contributed by atoms with Gasteiger partial charge in [0.15, 0.2) is 0 Å². The Morgan fingerprint density at radius 1 is 1.50 bits per heavy atom. The van der Waals surface area contributed by atoms with Gasteiger partial charge in [-0.1, -0.05) is 0 Å². The van der Waals surface area contributed by atoms with E-state index in [4.69, 9.17) is 0 Å². The second-order valence-corrected chi connectivity index (χ2v) is 5.85. The van der Waals surface area contributed by atoms with Crippen LogP contribution < -0.4 is 4.72 Å². The zero-order valence-corrected chi connectivity index (χ0v) is 10.7. The van der Waals surface area contributed by atoms with Gasteiger partial charge in [0.05, 0.1) is 12.8 Å². The summed E-state index contributed by atoms with van der Waals surface area (Å²) in [7, 11) is 0.430. The molecular formula is C8H12N2O4S2. The third-order valence-corrected chi connectivity index (χ3v) is 4.09. The van der Waals surface area contributed by atoms with Gasteiger partial charge in [-0.25, -0.2) is 4.79 Å². The third kappa shape index (κ3) is 2.71. The van der Waals surface area contributed by atoms with Crippen LogP contribution in [0.3, 0.4) is 0 Å². The molecule has 0 saturated carbocycles. The molecule has 1 N–H and O–H groups in total. The highest BCUT2D eigenvalue weighted by Crippen LogP contribution is 2.24. The largest absolute Gasteiger partial charge is 0.465 e. The molecule has 0 unspecified atom stereocenters. The summed E-state index contributed by atoms with van der Waals surface area (Å²) in [5.41, 5.74) is 0.227. The maximum atomic E-state index is 11.5. The van der Waals surface area contributed by atoms with Crippen molar-refractivity contribution >= 4 is 33.2 Å². The second kappa shape index (κ2) is 4.81. The number of ether oxygens (including phenoxy) is 1. The number of hydrogen-bond acceptors (Lipinski definition) is 5. The van der Waals surface area contributed by atoms with Crippen molar-refractivity contribution in [2.24, 2.45) is 0 Å². The Bertz CT molecular complexity index is 478. The van der Waals surface area contributed by atoms with Crippen LogP contribution in [0.15, 0.2) is 11.4 Å². The summed E-state index contributed by atoms with van der Waals surface area (Å²) in [5.74, 6) is -0.563. The first-order valence-electron chi connectivity index (χ1n) is 4.24. The van der Waals surface area contributed by atoms with Gasteiger partial charge in [0.1, 0.15) is 4.88 Å². The number of hydrogen-bond donors (Lipinski definition) is 1. The fourth-order valence-electron chi connectivity index (χ4n) is 0.871. The number of methoxy groups -OCH3 is 1. The number of anilines is 1. The molecule has 1 aromatic rings. The molecule has 1 aromatic heterocycles. The average molecular weight is 264 g/mol. The van der Waals surface area contributed by atoms with Crippen molar-refractivity contribution < 1.29 is 17.9 Å². The second-order valence-electron chi connectivity index (χ2n) is 3.04. The van der Waals surface area contributed by atoms with Crippen LogP contribution >= 0.6 is 11.3 Å². The fraction of sp³-hybridized carbons (Fsp3) is 0.375. The Morgan fingerprint density at radius 2 is 2.12 bits per heavy atom. The topological polar surface area (TPSA) is 75.7 Å². The van der Waals surface area contributed by atoms with Gasteiger partial charge in [0.25, 0.3) is 0 Å². The Morgan fingerprint density at radius 3 is 2.62 bits per heavy atom. The number of esters is 1. The summed E-state index contributed by atoms with van der Waals surface area (Å²) in [6.45, 7) is 0. The Labute approximate surface area is 98.0 Å². The van der Waals surface area contributed by atoms with Crippen LogP contribution in [-0.4, -0.2) is 39.9 Å². The first-order valence-corrected chi connectivity index (χ1v) is 6.56. The SMILES string of the molecule is COC(=O)c1sccc1NS(=O)(=O)N(C)C. The molecule has 0 radical (unpaired) electrons. The first kappa shape index (κ1) is 12.9. The lowest BCUT2D eigenvalue weighted by molar-refractivity contribution is 0.0607. The van der Waals surface area contributed by atoms with Gasteiger partial charge in [-0.05, 0) is 11.4 Å². The monoisotopic (exact) mass is 264 g/mol. The van der Waals surface area contributed by atoms with Gasteiger partial charge in [-0.3, -0.25) is 4.72 Å². The molecular weight excluding hydrogens is 252 g/mol. The highest BCUT2D eigenvalue weighted by molar-refractivity contribution is 7.90. The van der Waals surface area contributed by atoms with E-state index in [9.17, 15) is 13.2 Å². The molecule has 0 spiro atoms. The molecule has 0 amide bonds. The molecule has 0 aliphatic rings. The summed E-state index contributed by atoms with van der Waals surface area (Å²) >= 11 is 1.11. The van der Waals surface area contributed by atoms with Gasteiger partial charge in [0.2, 0.25) is 0 Å². The summed E-state index contributed by atoms with van der Waals surface area (Å²) in [6, 6.07) is 1.51. The summed E-state index contributed by atoms with van der Waals surface area (Å²) in [6.07, 6.45) is 0. The van der Waals surface area contributed by atoms with Gasteiger partial charge in [-0.15, -0.1) is 11.3 Å². The Balaban J connectivity index is 3.00. The number of carbonyl (C=O) groups is 1. The molecule has 8 heteroatoms. The zero-order chi connectivity index (χ0) is 12.3. The molecule has 6 nitrogen and oxygen atoms in total. The summed E-state index contributed by atoms with van der Waals surface area (Å²) in [4.78, 5) is 11.5. The molecule has 16 heavy (non-hydrogen) atoms. The maximum absolute atomic E-state index is 11.5. The number of nitrogens with one attached hydrogen (secondary N) is 1. The Kier molecular flexibility index (Phi) is 3.89. The van der Waals surface area contributed by atoms with Crippen molar-refractivity contribution in [1.29, 1.82) is 0 Å². The van der Waals surface area contributed by atoms with Gasteiger partial charge < -0.3 is 4.74 Å². The van der Waals surface area contributed by atoms with E-state index in [1.807, 2.05) is 0 Å². The van der Waals surface area contributed by atoms with Crippen molar-refractivity contribution in [1.82, 2.24) is 4.31 Å². The van der Waals surface area contributed by atoms with Gasteiger partial charge in [0, 0.05) is 14.1 Å². The minimum Gasteiger partial charge on any atom is -0.465 e. The van der Waals surface area contributed by atoms with E-state index in [0.717, 1.165) is 15.6 Å². The lowest BCUT2D eigenvalue weighted by atomic mass is 10.4. The number of nitrogens with zero attached hydrogens (tertiary/aromatic N) is 1. The van der Waals surface area contributed by atoms with E-state index >= 15 is 0 Å². The van der Waals surface area contributed by atoms with Gasteiger partial charge >= 0.3 is 16.2 Å². The highest BCUT2D eigenvalue weighted by atomic mass is 32.2. The van der Waals surface area contributed by atoms with Crippen LogP contribution in [0.5, 0.6) is 0 Å². The minimum atomic E-state index is -3.60. The van der Waals surface area contributed by atoms with Crippen LogP contribution in [-0.2, 0) is 14.9 Å². The number of carbonyl (C=O) groups excluding carboxylic acids is 1. The molecule has 0 aliphatic carbocycles. The Hall–Kier alpha value is -1.12. The van der Waals surface area contributed by atoms with E-state index in [-0.39, 0.29) is 10.6 Å². The molecule has 0 fully saturated rings. The zero-order valence-electron chi connectivity index (χ0n) is 9.05. The van der Waals surface area contributed by atoms with E-state index in [1.54, 1.807) is 5.38 Å². The smallest absolute Gasteiger partial charge is 0.350 e. The molecule has 0 aromatic carbocycles. The van der Waals surface area contributed by atoms with E-state index in [1.165, 1.54) is 27.3 Å². The van der Waals surface area contributed by atoms with Crippen LogP contribution in [0, 0.1) is 0 Å². The summed E-state index contributed by atoms with van der Waals surface area (Å²) in [5, 5.41) is 1.61. The predicted octanol–water partition coefficient (Wildman–Crippen LogP) is 0.753. The van der Waals surface area contributed by atoms with Crippen molar-refractivity contribution in [3.8, 4) is 0 Å². The molecule has 1 heterocycles. The van der Waals surface area contributed by atoms with Crippen molar-refractivity contribution in [2.75, 3.05) is 25.9 Å². The number of rotatable bonds is 4. The molecule has 0 bridgehead atoms. The highest BCUT2D eigenvalue weighted by Gasteiger charge is 2.19. The lowest BCUT2D eigenvalue weighted by Gasteiger charge is -2.12. The molecule has 0 aliphatic heterocycles. The van der Waals surface area contributed by atoms with Crippen molar-refractivity contribution in [3.63, 3.8) is 0 Å². The van der Waals surface area contributed by atoms with E-state index in [2.05, 4.69) is 9.46 Å². The third-order valence-electron chi connectivity index (χ3n) is 1.76. The number of thiophene rings is 1. The normalized spacial score (nSPS) is 11.5. The fourth-order valence-corrected chi connectivity index (χ4v) is 2.33. The molecule has 0 saturated heterocycles. The first-order chi connectivity index (χ1) is 7.38. The lowest BCUT2D eigenvalue weighted by Crippen LogP contribution is -2.29. The molecule has 0 atom stereocenters. The van der Waals surface area contributed by atoms with Crippen LogP contribution in [0.2, 0.25) is 0 Å². The van der Waals surface area contributed by atoms with Crippen molar-refractivity contribution in [3.05, 3.63) is 16.3 Å². The standard InChI is InChI=1S/C8H12N2O4S2/c1-10(2)16(12,13)9-6-4-5-15-7(6)8(11)14-3/h4-5,9H,1-3H3. The molecule has 90 valence electrons. The molecule has 1 rings (SSSR count). The van der Waals surface area contributed by atoms with Crippen LogP contribution in [0.4, 0.5) is 5.69 Å². The summed E-state index contributed by atoms with van der Waals surface area (Å²) < 4.78 is 30.9. The maximum Gasteiger partial charge on any atom is 0.350 e. The van der Waals surface area contributed by atoms with Gasteiger partial charge in [-0.2, -0.15) is 12.7 Å². The minimum absolute atomic E-state index is 0.227. The van der Waals surface area contributed by atoms with Crippen LogP contribution in [0.1, 0.15) is 9.67 Å². The van der Waals surface area contributed by atoms with Crippen LogP contribution in [0.25, 0.3) is 0 Å². The van der Waals surface area contributed by atoms with Crippen molar-refractivity contribution in [2.45, 2.75) is 0 Å².